The van der Waals surface area contributed by atoms with Crippen LogP contribution in [0.3, 0.4) is 0 Å². The van der Waals surface area contributed by atoms with Crippen molar-refractivity contribution < 1.29 is 9.84 Å². The number of ether oxygens (including phenoxy) is 1. The summed E-state index contributed by atoms with van der Waals surface area (Å²) in [5.41, 5.74) is 1.28. The molecule has 1 atom stereocenters. The van der Waals surface area contributed by atoms with Crippen LogP contribution in [0.1, 0.15) is 31.9 Å². The van der Waals surface area contributed by atoms with Gasteiger partial charge in [0.2, 0.25) is 0 Å². The molecule has 0 aliphatic carbocycles. The fourth-order valence-electron chi connectivity index (χ4n) is 2.28. The fraction of sp³-hybridized carbons (Fsp3) is 0.733. The second-order valence-electron chi connectivity index (χ2n) is 5.13. The number of hydrogen-bond donors (Lipinski definition) is 1. The number of hydrogen-bond acceptors (Lipinski definition) is 3. The van der Waals surface area contributed by atoms with Crippen molar-refractivity contribution >= 4 is 0 Å². The third-order valence-electron chi connectivity index (χ3n) is 3.35. The molecule has 110 valence electrons. The molecule has 0 saturated heterocycles. The van der Waals surface area contributed by atoms with E-state index in [1.807, 2.05) is 0 Å². The van der Waals surface area contributed by atoms with Crippen molar-refractivity contribution in [3.05, 3.63) is 24.0 Å². The Morgan fingerprint density at radius 2 is 2.26 bits per heavy atom. The van der Waals surface area contributed by atoms with Gasteiger partial charge in [0.1, 0.15) is 0 Å². The zero-order chi connectivity index (χ0) is 14.1. The SMILES string of the molecule is CCCC(O)CN(CCCOC)Cc1cccn1C. The standard InChI is InChI=1S/C15H28N2O2/c1-4-7-15(18)13-17(10-6-11-19-3)12-14-8-5-9-16(14)2/h5,8-9,15,18H,4,6-7,10-13H2,1-3H3. The molecule has 0 radical (unpaired) electrons. The van der Waals surface area contributed by atoms with Crippen molar-refractivity contribution in [3.63, 3.8) is 0 Å². The van der Waals surface area contributed by atoms with Gasteiger partial charge in [-0.3, -0.25) is 4.90 Å². The van der Waals surface area contributed by atoms with E-state index in [2.05, 4.69) is 41.8 Å². The number of aromatic nitrogens is 1. The Bertz CT molecular complexity index is 339. The molecule has 1 N–H and O–H groups in total. The van der Waals surface area contributed by atoms with Crippen molar-refractivity contribution in [2.45, 2.75) is 38.8 Å². The Morgan fingerprint density at radius 3 is 2.84 bits per heavy atom. The average Bonchev–Trinajstić information content (AvgIpc) is 2.75. The van der Waals surface area contributed by atoms with Gasteiger partial charge in [-0.1, -0.05) is 13.3 Å². The third kappa shape index (κ3) is 6.23. The highest BCUT2D eigenvalue weighted by atomic mass is 16.5. The maximum absolute atomic E-state index is 9.99. The first-order valence-corrected chi connectivity index (χ1v) is 7.17. The summed E-state index contributed by atoms with van der Waals surface area (Å²) < 4.78 is 7.24. The van der Waals surface area contributed by atoms with Crippen molar-refractivity contribution in [3.8, 4) is 0 Å². The summed E-state index contributed by atoms with van der Waals surface area (Å²) in [4.78, 5) is 2.31. The van der Waals surface area contributed by atoms with E-state index in [0.29, 0.717) is 0 Å². The van der Waals surface area contributed by atoms with Crippen LogP contribution in [-0.4, -0.2) is 47.5 Å². The Balaban J connectivity index is 2.50. The van der Waals surface area contributed by atoms with Crippen LogP contribution in [0.2, 0.25) is 0 Å². The number of aliphatic hydroxyl groups excluding tert-OH is 1. The smallest absolute Gasteiger partial charge is 0.0667 e. The monoisotopic (exact) mass is 268 g/mol. The summed E-state index contributed by atoms with van der Waals surface area (Å²) in [6, 6.07) is 4.20. The van der Waals surface area contributed by atoms with E-state index in [0.717, 1.165) is 45.5 Å². The molecular weight excluding hydrogens is 240 g/mol. The van der Waals surface area contributed by atoms with Crippen molar-refractivity contribution in [1.29, 1.82) is 0 Å². The first kappa shape index (κ1) is 16.2. The molecule has 1 aromatic rings. The minimum atomic E-state index is -0.229. The topological polar surface area (TPSA) is 37.6 Å². The lowest BCUT2D eigenvalue weighted by Crippen LogP contribution is -2.33. The Hall–Kier alpha value is -0.840. The van der Waals surface area contributed by atoms with Crippen LogP contribution in [0.4, 0.5) is 0 Å². The van der Waals surface area contributed by atoms with Crippen molar-refractivity contribution in [1.82, 2.24) is 9.47 Å². The summed E-state index contributed by atoms with van der Waals surface area (Å²) in [5, 5.41) is 9.99. The van der Waals surface area contributed by atoms with Gasteiger partial charge in [-0.15, -0.1) is 0 Å². The summed E-state index contributed by atoms with van der Waals surface area (Å²) in [5.74, 6) is 0. The predicted octanol–water partition coefficient (Wildman–Crippen LogP) is 2.02. The van der Waals surface area contributed by atoms with Gasteiger partial charge >= 0.3 is 0 Å². The van der Waals surface area contributed by atoms with Crippen molar-refractivity contribution in [2.75, 3.05) is 26.8 Å². The highest BCUT2D eigenvalue weighted by molar-refractivity contribution is 5.06. The van der Waals surface area contributed by atoms with Gasteiger partial charge in [0.05, 0.1) is 6.10 Å². The minimum absolute atomic E-state index is 0.229. The molecule has 1 aromatic heterocycles. The van der Waals surface area contributed by atoms with Gasteiger partial charge < -0.3 is 14.4 Å². The second-order valence-corrected chi connectivity index (χ2v) is 5.13. The maximum Gasteiger partial charge on any atom is 0.0667 e. The molecular formula is C15H28N2O2. The molecule has 4 nitrogen and oxygen atoms in total. The minimum Gasteiger partial charge on any atom is -0.392 e. The molecule has 0 aromatic carbocycles. The van der Waals surface area contributed by atoms with Gasteiger partial charge in [-0.05, 0) is 25.0 Å². The van der Waals surface area contributed by atoms with E-state index >= 15 is 0 Å². The first-order valence-electron chi connectivity index (χ1n) is 7.17. The Kier molecular flexibility index (Phi) is 7.79. The normalized spacial score (nSPS) is 13.1. The summed E-state index contributed by atoms with van der Waals surface area (Å²) in [6.07, 6.45) is 4.73. The third-order valence-corrected chi connectivity index (χ3v) is 3.35. The molecule has 4 heteroatoms. The lowest BCUT2D eigenvalue weighted by Gasteiger charge is -2.25. The van der Waals surface area contributed by atoms with E-state index in [9.17, 15) is 5.11 Å². The molecule has 0 bridgehead atoms. The van der Waals surface area contributed by atoms with Crippen LogP contribution < -0.4 is 0 Å². The number of nitrogens with zero attached hydrogens (tertiary/aromatic N) is 2. The quantitative estimate of drug-likeness (QED) is 0.660. The van der Waals surface area contributed by atoms with Crippen LogP contribution >= 0.6 is 0 Å². The predicted molar refractivity (Wildman–Crippen MR) is 78.1 cm³/mol. The van der Waals surface area contributed by atoms with Crippen LogP contribution in [-0.2, 0) is 18.3 Å². The van der Waals surface area contributed by atoms with Gasteiger partial charge in [-0.2, -0.15) is 0 Å². The van der Waals surface area contributed by atoms with Crippen LogP contribution in [0.15, 0.2) is 18.3 Å². The Labute approximate surface area is 117 Å². The van der Waals surface area contributed by atoms with E-state index in [-0.39, 0.29) is 6.10 Å². The van der Waals surface area contributed by atoms with Gasteiger partial charge in [-0.25, -0.2) is 0 Å². The number of aryl methyl sites for hydroxylation is 1. The maximum atomic E-state index is 9.99. The zero-order valence-corrected chi connectivity index (χ0v) is 12.5. The molecule has 1 rings (SSSR count). The fourth-order valence-corrected chi connectivity index (χ4v) is 2.28. The summed E-state index contributed by atoms with van der Waals surface area (Å²) >= 11 is 0. The highest BCUT2D eigenvalue weighted by Gasteiger charge is 2.12. The first-order chi connectivity index (χ1) is 9.17. The summed E-state index contributed by atoms with van der Waals surface area (Å²) in [6.45, 7) is 5.46. The molecule has 0 spiro atoms. The second kappa shape index (κ2) is 9.13. The molecule has 0 fully saturated rings. The molecule has 0 aliphatic rings. The largest absolute Gasteiger partial charge is 0.392 e. The average molecular weight is 268 g/mol. The van der Waals surface area contributed by atoms with E-state index in [4.69, 9.17) is 4.74 Å². The van der Waals surface area contributed by atoms with Crippen molar-refractivity contribution in [2.24, 2.45) is 7.05 Å². The van der Waals surface area contributed by atoms with Crippen LogP contribution in [0.5, 0.6) is 0 Å². The Morgan fingerprint density at radius 1 is 1.47 bits per heavy atom. The van der Waals surface area contributed by atoms with E-state index in [1.54, 1.807) is 7.11 Å². The van der Waals surface area contributed by atoms with Crippen LogP contribution in [0.25, 0.3) is 0 Å². The summed E-state index contributed by atoms with van der Waals surface area (Å²) in [7, 11) is 3.79. The highest BCUT2D eigenvalue weighted by Crippen LogP contribution is 2.08. The number of methoxy groups -OCH3 is 1. The van der Waals surface area contributed by atoms with Gasteiger partial charge in [0.15, 0.2) is 0 Å². The number of aliphatic hydroxyl groups is 1. The zero-order valence-electron chi connectivity index (χ0n) is 12.5. The molecule has 0 amide bonds. The van der Waals surface area contributed by atoms with Gasteiger partial charge in [0.25, 0.3) is 0 Å². The van der Waals surface area contributed by atoms with Crippen LogP contribution in [0, 0.1) is 0 Å². The lowest BCUT2D eigenvalue weighted by molar-refractivity contribution is 0.0919. The van der Waals surface area contributed by atoms with Gasteiger partial charge in [0, 0.05) is 52.3 Å². The van der Waals surface area contributed by atoms with E-state index < -0.39 is 0 Å². The van der Waals surface area contributed by atoms with E-state index in [1.165, 1.54) is 5.69 Å². The molecule has 0 saturated carbocycles. The molecule has 1 unspecified atom stereocenters. The number of rotatable bonds is 10. The molecule has 1 heterocycles. The lowest BCUT2D eigenvalue weighted by atomic mass is 10.2. The molecule has 19 heavy (non-hydrogen) atoms. The molecule has 0 aliphatic heterocycles.